The van der Waals surface area contributed by atoms with Gasteiger partial charge in [0.05, 0.1) is 11.2 Å². The molecular formula is C32H32N6O4. The zero-order chi connectivity index (χ0) is 29.2. The van der Waals surface area contributed by atoms with Crippen LogP contribution in [-0.2, 0) is 4.79 Å². The summed E-state index contributed by atoms with van der Waals surface area (Å²) in [5, 5.41) is 14.7. The van der Waals surface area contributed by atoms with Crippen molar-refractivity contribution < 1.29 is 18.8 Å². The number of benzene rings is 2. The molecule has 10 heteroatoms. The van der Waals surface area contributed by atoms with Gasteiger partial charge in [-0.05, 0) is 68.3 Å². The van der Waals surface area contributed by atoms with Gasteiger partial charge in [-0.15, -0.1) is 0 Å². The Hall–Kier alpha value is -4.99. The molecule has 1 unspecified atom stereocenters. The number of hydrogen-bond donors (Lipinski definition) is 3. The van der Waals surface area contributed by atoms with Crippen LogP contribution in [0.25, 0.3) is 27.7 Å². The van der Waals surface area contributed by atoms with Gasteiger partial charge >= 0.3 is 0 Å². The minimum atomic E-state index is -0.807. The third kappa shape index (κ3) is 5.35. The first-order chi connectivity index (χ1) is 20.4. The van der Waals surface area contributed by atoms with E-state index in [0.29, 0.717) is 28.1 Å². The van der Waals surface area contributed by atoms with Gasteiger partial charge in [-0.25, -0.2) is 9.67 Å². The van der Waals surface area contributed by atoms with E-state index in [9.17, 15) is 14.4 Å². The lowest BCUT2D eigenvalue weighted by Gasteiger charge is -2.22. The Labute approximate surface area is 242 Å². The van der Waals surface area contributed by atoms with E-state index in [2.05, 4.69) is 20.9 Å². The lowest BCUT2D eigenvalue weighted by Crippen LogP contribution is -2.41. The van der Waals surface area contributed by atoms with Gasteiger partial charge in [0.2, 0.25) is 5.91 Å². The van der Waals surface area contributed by atoms with Crippen LogP contribution in [0.15, 0.2) is 71.3 Å². The second-order valence-electron chi connectivity index (χ2n) is 10.7. The Morgan fingerprint density at radius 1 is 0.976 bits per heavy atom. The fourth-order valence-electron chi connectivity index (χ4n) is 5.62. The fraction of sp³-hybridized carbons (Fsp3) is 0.281. The molecule has 5 aromatic rings. The number of amides is 3. The average molecular weight is 565 g/mol. The molecule has 214 valence electrons. The standard InChI is InChI=1S/C32H32N6O4/c1-19(30(39)36-23-12-14-26-22(16-23)18-27(42-26)32(41)33-2)35-31(40)21-11-13-24-25(17-21)37-38(28-10-6-7-15-34-28)29(24)20-8-4-3-5-9-20/h6-7,10-20H,3-5,8-9H2,1-2H3,(H,33,41)(H,35,40)(H,36,39). The summed E-state index contributed by atoms with van der Waals surface area (Å²) in [4.78, 5) is 42.5. The van der Waals surface area contributed by atoms with Gasteiger partial charge < -0.3 is 20.4 Å². The summed E-state index contributed by atoms with van der Waals surface area (Å²) in [6, 6.07) is 17.2. The average Bonchev–Trinajstić information content (AvgIpc) is 3.62. The topological polar surface area (TPSA) is 131 Å². The Bertz CT molecular complexity index is 1790. The van der Waals surface area contributed by atoms with Crippen molar-refractivity contribution in [2.75, 3.05) is 12.4 Å². The third-order valence-electron chi connectivity index (χ3n) is 7.81. The van der Waals surface area contributed by atoms with Crippen molar-refractivity contribution in [3.8, 4) is 5.82 Å². The predicted molar refractivity (Wildman–Crippen MR) is 160 cm³/mol. The van der Waals surface area contributed by atoms with Gasteiger partial charge in [0.1, 0.15) is 11.6 Å². The SMILES string of the molecule is CNC(=O)c1cc2cc(NC(=O)C(C)NC(=O)c3ccc4c(C5CCCCC5)n(-c5ccccn5)nc4c3)ccc2o1. The van der Waals surface area contributed by atoms with Crippen LogP contribution >= 0.6 is 0 Å². The largest absolute Gasteiger partial charge is 0.451 e. The number of carbonyl (C=O) groups is 3. The minimum absolute atomic E-state index is 0.185. The lowest BCUT2D eigenvalue weighted by molar-refractivity contribution is -0.117. The van der Waals surface area contributed by atoms with E-state index in [0.717, 1.165) is 35.3 Å². The molecule has 0 bridgehead atoms. The number of furan rings is 1. The number of nitrogens with zero attached hydrogens (tertiary/aromatic N) is 3. The summed E-state index contributed by atoms with van der Waals surface area (Å²) in [6.07, 6.45) is 7.59. The van der Waals surface area contributed by atoms with E-state index in [4.69, 9.17) is 9.52 Å². The van der Waals surface area contributed by atoms with Crippen LogP contribution in [0.4, 0.5) is 5.69 Å². The van der Waals surface area contributed by atoms with Crippen molar-refractivity contribution in [2.24, 2.45) is 0 Å². The molecule has 6 rings (SSSR count). The van der Waals surface area contributed by atoms with Gasteiger partial charge in [-0.1, -0.05) is 31.4 Å². The first-order valence-corrected chi connectivity index (χ1v) is 14.2. The summed E-state index contributed by atoms with van der Waals surface area (Å²) < 4.78 is 7.46. The highest BCUT2D eigenvalue weighted by molar-refractivity contribution is 6.03. The van der Waals surface area contributed by atoms with Gasteiger partial charge in [-0.3, -0.25) is 14.4 Å². The number of hydrogen-bond acceptors (Lipinski definition) is 6. The number of rotatable bonds is 7. The van der Waals surface area contributed by atoms with Crippen LogP contribution in [0.3, 0.4) is 0 Å². The molecule has 1 atom stereocenters. The Morgan fingerprint density at radius 3 is 2.57 bits per heavy atom. The van der Waals surface area contributed by atoms with Crippen molar-refractivity contribution in [1.29, 1.82) is 0 Å². The molecule has 3 N–H and O–H groups in total. The van der Waals surface area contributed by atoms with Crippen molar-refractivity contribution in [3.63, 3.8) is 0 Å². The van der Waals surface area contributed by atoms with Gasteiger partial charge in [0.15, 0.2) is 11.6 Å². The highest BCUT2D eigenvalue weighted by atomic mass is 16.3. The normalized spacial score (nSPS) is 14.5. The number of anilines is 1. The van der Waals surface area contributed by atoms with E-state index in [-0.39, 0.29) is 23.5 Å². The molecule has 1 aliphatic carbocycles. The van der Waals surface area contributed by atoms with Crippen LogP contribution in [0.1, 0.15) is 71.6 Å². The molecule has 42 heavy (non-hydrogen) atoms. The molecule has 3 heterocycles. The van der Waals surface area contributed by atoms with Crippen molar-refractivity contribution in [1.82, 2.24) is 25.4 Å². The van der Waals surface area contributed by atoms with Gasteiger partial charge in [-0.2, -0.15) is 5.10 Å². The predicted octanol–water partition coefficient (Wildman–Crippen LogP) is 5.33. The smallest absolute Gasteiger partial charge is 0.286 e. The maximum absolute atomic E-state index is 13.2. The van der Waals surface area contributed by atoms with E-state index >= 15 is 0 Å². The van der Waals surface area contributed by atoms with Crippen molar-refractivity contribution >= 4 is 45.3 Å². The molecule has 0 spiro atoms. The Balaban J connectivity index is 1.19. The molecule has 0 aliphatic heterocycles. The molecule has 3 amide bonds. The van der Waals surface area contributed by atoms with E-state index in [1.165, 1.54) is 26.3 Å². The monoisotopic (exact) mass is 564 g/mol. The van der Waals surface area contributed by atoms with Crippen LogP contribution in [0.5, 0.6) is 0 Å². The molecule has 0 saturated heterocycles. The van der Waals surface area contributed by atoms with Crippen molar-refractivity contribution in [2.45, 2.75) is 51.0 Å². The zero-order valence-electron chi connectivity index (χ0n) is 23.5. The number of fused-ring (bicyclic) bond motifs is 2. The maximum atomic E-state index is 13.2. The highest BCUT2D eigenvalue weighted by Crippen LogP contribution is 2.37. The third-order valence-corrected chi connectivity index (χ3v) is 7.81. The summed E-state index contributed by atoms with van der Waals surface area (Å²) in [5.41, 5.74) is 3.33. The van der Waals surface area contributed by atoms with Crippen LogP contribution in [0, 0.1) is 0 Å². The second-order valence-corrected chi connectivity index (χ2v) is 10.7. The zero-order valence-corrected chi connectivity index (χ0v) is 23.5. The van der Waals surface area contributed by atoms with Crippen molar-refractivity contribution in [3.05, 3.63) is 83.9 Å². The Kier molecular flexibility index (Phi) is 7.43. The first-order valence-electron chi connectivity index (χ1n) is 14.2. The molecule has 3 aromatic heterocycles. The van der Waals surface area contributed by atoms with E-state index < -0.39 is 6.04 Å². The van der Waals surface area contributed by atoms with Gasteiger partial charge in [0, 0.05) is 41.2 Å². The molecule has 1 fully saturated rings. The Morgan fingerprint density at radius 2 is 1.81 bits per heavy atom. The maximum Gasteiger partial charge on any atom is 0.286 e. The summed E-state index contributed by atoms with van der Waals surface area (Å²) in [5.74, 6) is 0.239. The summed E-state index contributed by atoms with van der Waals surface area (Å²) in [6.45, 7) is 1.63. The molecule has 2 aromatic carbocycles. The quantitative estimate of drug-likeness (QED) is 0.245. The summed E-state index contributed by atoms with van der Waals surface area (Å²) >= 11 is 0. The number of nitrogens with one attached hydrogen (secondary N) is 3. The van der Waals surface area contributed by atoms with Crippen LogP contribution in [0.2, 0.25) is 0 Å². The highest BCUT2D eigenvalue weighted by Gasteiger charge is 2.25. The second kappa shape index (κ2) is 11.5. The minimum Gasteiger partial charge on any atom is -0.451 e. The van der Waals surface area contributed by atoms with E-state index in [1.807, 2.05) is 28.9 Å². The number of pyridine rings is 1. The summed E-state index contributed by atoms with van der Waals surface area (Å²) in [7, 11) is 1.53. The molecule has 0 radical (unpaired) electrons. The molecule has 1 saturated carbocycles. The van der Waals surface area contributed by atoms with Gasteiger partial charge in [0.25, 0.3) is 11.8 Å². The first kappa shape index (κ1) is 27.2. The lowest BCUT2D eigenvalue weighted by atomic mass is 9.85. The number of carbonyl (C=O) groups excluding carboxylic acids is 3. The van der Waals surface area contributed by atoms with Crippen LogP contribution in [-0.4, -0.2) is 45.6 Å². The fourth-order valence-corrected chi connectivity index (χ4v) is 5.62. The molecule has 10 nitrogen and oxygen atoms in total. The van der Waals surface area contributed by atoms with E-state index in [1.54, 1.807) is 49.5 Å². The number of aromatic nitrogens is 3. The molecule has 1 aliphatic rings. The molecular weight excluding hydrogens is 532 g/mol. The van der Waals surface area contributed by atoms with Crippen LogP contribution < -0.4 is 16.0 Å².